The molecule has 1 aliphatic heterocycles. The highest BCUT2D eigenvalue weighted by atomic mass is 16.5. The van der Waals surface area contributed by atoms with Crippen LogP contribution < -0.4 is 4.74 Å². The number of hydrogen-bond donors (Lipinski definition) is 1. The number of rotatable bonds is 8. The van der Waals surface area contributed by atoms with Crippen LogP contribution in [0.3, 0.4) is 0 Å². The van der Waals surface area contributed by atoms with E-state index < -0.39 is 6.10 Å². The Morgan fingerprint density at radius 3 is 1.94 bits per heavy atom. The van der Waals surface area contributed by atoms with Crippen LogP contribution >= 0.6 is 0 Å². The van der Waals surface area contributed by atoms with Gasteiger partial charge in [-0.1, -0.05) is 66.7 Å². The van der Waals surface area contributed by atoms with Crippen LogP contribution in [-0.2, 0) is 0 Å². The van der Waals surface area contributed by atoms with Crippen molar-refractivity contribution in [1.82, 2.24) is 9.80 Å². The lowest BCUT2D eigenvalue weighted by Gasteiger charge is -2.40. The second-order valence-corrected chi connectivity index (χ2v) is 8.77. The fourth-order valence-corrected chi connectivity index (χ4v) is 4.44. The van der Waals surface area contributed by atoms with Crippen molar-refractivity contribution in [3.8, 4) is 5.75 Å². The molecule has 0 aliphatic carbocycles. The first-order chi connectivity index (χ1) is 15.6. The van der Waals surface area contributed by atoms with Crippen molar-refractivity contribution in [2.75, 3.05) is 39.3 Å². The van der Waals surface area contributed by atoms with E-state index in [1.54, 1.807) is 0 Å². The van der Waals surface area contributed by atoms with Crippen LogP contribution in [0, 0.1) is 13.8 Å². The summed E-state index contributed by atoms with van der Waals surface area (Å²) in [5.41, 5.74) is 5.11. The van der Waals surface area contributed by atoms with Gasteiger partial charge in [0.25, 0.3) is 0 Å². The van der Waals surface area contributed by atoms with Gasteiger partial charge in [-0.3, -0.25) is 9.80 Å². The molecule has 3 aromatic rings. The Hall–Kier alpha value is -2.66. The molecule has 1 atom stereocenters. The van der Waals surface area contributed by atoms with Crippen LogP contribution in [0.4, 0.5) is 0 Å². The molecular formula is C28H34N2O2. The third-order valence-corrected chi connectivity index (χ3v) is 6.39. The Labute approximate surface area is 192 Å². The predicted octanol–water partition coefficient (Wildman–Crippen LogP) is 4.45. The van der Waals surface area contributed by atoms with Gasteiger partial charge < -0.3 is 9.84 Å². The molecule has 0 aromatic heterocycles. The molecule has 0 bridgehead atoms. The second kappa shape index (κ2) is 10.8. The van der Waals surface area contributed by atoms with Gasteiger partial charge in [-0.15, -0.1) is 0 Å². The van der Waals surface area contributed by atoms with Crippen LogP contribution in [0.15, 0.2) is 78.9 Å². The first-order valence-electron chi connectivity index (χ1n) is 11.5. The molecule has 1 saturated heterocycles. The minimum absolute atomic E-state index is 0.262. The van der Waals surface area contributed by atoms with E-state index in [4.69, 9.17) is 4.74 Å². The molecule has 0 unspecified atom stereocenters. The van der Waals surface area contributed by atoms with Gasteiger partial charge in [0.2, 0.25) is 0 Å². The smallest absolute Gasteiger partial charge is 0.119 e. The van der Waals surface area contributed by atoms with E-state index in [1.807, 2.05) is 12.1 Å². The number of ether oxygens (including phenoxy) is 1. The van der Waals surface area contributed by atoms with E-state index in [9.17, 15) is 5.11 Å². The zero-order chi connectivity index (χ0) is 22.3. The van der Waals surface area contributed by atoms with Gasteiger partial charge in [0, 0.05) is 32.7 Å². The zero-order valence-corrected chi connectivity index (χ0v) is 19.2. The number of hydrogen-bond acceptors (Lipinski definition) is 4. The Kier molecular flexibility index (Phi) is 7.59. The fraction of sp³-hybridized carbons (Fsp3) is 0.357. The van der Waals surface area contributed by atoms with Crippen molar-refractivity contribution in [1.29, 1.82) is 0 Å². The fourth-order valence-electron chi connectivity index (χ4n) is 4.44. The Balaban J connectivity index is 1.32. The summed E-state index contributed by atoms with van der Waals surface area (Å²) >= 11 is 0. The largest absolute Gasteiger partial charge is 0.491 e. The summed E-state index contributed by atoms with van der Waals surface area (Å²) < 4.78 is 5.83. The Morgan fingerprint density at radius 2 is 1.38 bits per heavy atom. The van der Waals surface area contributed by atoms with Crippen molar-refractivity contribution in [2.45, 2.75) is 26.0 Å². The quantitative estimate of drug-likeness (QED) is 0.573. The van der Waals surface area contributed by atoms with Gasteiger partial charge in [0.05, 0.1) is 6.04 Å². The van der Waals surface area contributed by atoms with Crippen LogP contribution in [0.5, 0.6) is 5.75 Å². The maximum Gasteiger partial charge on any atom is 0.119 e. The molecule has 0 amide bonds. The summed E-state index contributed by atoms with van der Waals surface area (Å²) in [5, 5.41) is 10.5. The zero-order valence-electron chi connectivity index (χ0n) is 19.2. The molecule has 1 heterocycles. The third-order valence-electron chi connectivity index (χ3n) is 6.39. The standard InChI is InChI=1S/C28H34N2O2/c1-22-13-14-27(19-23(22)2)32-21-26(31)20-29-15-17-30(18-16-29)28(24-9-5-3-6-10-24)25-11-7-4-8-12-25/h3-14,19,26,28,31H,15-18,20-21H2,1-2H3/t26-/m1/s1. The molecule has 1 N–H and O–H groups in total. The van der Waals surface area contributed by atoms with Crippen LogP contribution in [0.1, 0.15) is 28.3 Å². The van der Waals surface area contributed by atoms with Crippen molar-refractivity contribution in [3.05, 3.63) is 101 Å². The SMILES string of the molecule is Cc1ccc(OC[C@H](O)CN2CCN(C(c3ccccc3)c3ccccc3)CC2)cc1C. The van der Waals surface area contributed by atoms with Gasteiger partial charge in [0.1, 0.15) is 18.5 Å². The lowest BCUT2D eigenvalue weighted by molar-refractivity contribution is 0.0401. The lowest BCUT2D eigenvalue weighted by atomic mass is 9.96. The van der Waals surface area contributed by atoms with Gasteiger partial charge in [-0.2, -0.15) is 0 Å². The highest BCUT2D eigenvalue weighted by Crippen LogP contribution is 2.29. The summed E-state index contributed by atoms with van der Waals surface area (Å²) in [6.07, 6.45) is -0.498. The normalized spacial score (nSPS) is 16.2. The molecule has 0 radical (unpaired) electrons. The molecule has 1 fully saturated rings. The molecule has 3 aromatic carbocycles. The summed E-state index contributed by atoms with van der Waals surface area (Å²) in [5.74, 6) is 0.825. The molecule has 32 heavy (non-hydrogen) atoms. The topological polar surface area (TPSA) is 35.9 Å². The number of β-amino-alcohol motifs (C(OH)–C–C–N with tert-alkyl or cyclic N) is 1. The van der Waals surface area contributed by atoms with E-state index in [1.165, 1.54) is 22.3 Å². The number of benzene rings is 3. The van der Waals surface area contributed by atoms with E-state index >= 15 is 0 Å². The molecule has 4 rings (SSSR count). The van der Waals surface area contributed by atoms with Crippen molar-refractivity contribution >= 4 is 0 Å². The monoisotopic (exact) mass is 430 g/mol. The average molecular weight is 431 g/mol. The highest BCUT2D eigenvalue weighted by Gasteiger charge is 2.27. The maximum atomic E-state index is 10.5. The number of piperazine rings is 1. The summed E-state index contributed by atoms with van der Waals surface area (Å²) in [4.78, 5) is 4.90. The first-order valence-corrected chi connectivity index (χ1v) is 11.5. The third kappa shape index (κ3) is 5.77. The number of nitrogens with zero attached hydrogens (tertiary/aromatic N) is 2. The lowest BCUT2D eigenvalue weighted by Crippen LogP contribution is -2.50. The number of aryl methyl sites for hydroxylation is 2. The summed E-state index contributed by atoms with van der Waals surface area (Å²) in [7, 11) is 0. The summed E-state index contributed by atoms with van der Waals surface area (Å²) in [6.45, 7) is 8.95. The highest BCUT2D eigenvalue weighted by molar-refractivity contribution is 5.34. The van der Waals surface area contributed by atoms with Gasteiger partial charge in [-0.05, 0) is 48.2 Å². The Bertz CT molecular complexity index is 930. The second-order valence-electron chi connectivity index (χ2n) is 8.77. The van der Waals surface area contributed by atoms with Crippen molar-refractivity contribution < 1.29 is 9.84 Å². The Morgan fingerprint density at radius 1 is 0.781 bits per heavy atom. The van der Waals surface area contributed by atoms with Crippen LogP contribution in [0.2, 0.25) is 0 Å². The molecule has 168 valence electrons. The van der Waals surface area contributed by atoms with E-state index in [2.05, 4.69) is 90.4 Å². The van der Waals surface area contributed by atoms with Crippen LogP contribution in [-0.4, -0.2) is 60.3 Å². The minimum atomic E-state index is -0.498. The van der Waals surface area contributed by atoms with E-state index in [0.717, 1.165) is 31.9 Å². The van der Waals surface area contributed by atoms with Crippen LogP contribution in [0.25, 0.3) is 0 Å². The maximum absolute atomic E-state index is 10.5. The van der Waals surface area contributed by atoms with Gasteiger partial charge >= 0.3 is 0 Å². The number of aliphatic hydroxyl groups is 1. The predicted molar refractivity (Wildman–Crippen MR) is 130 cm³/mol. The van der Waals surface area contributed by atoms with Crippen molar-refractivity contribution in [2.24, 2.45) is 0 Å². The molecule has 0 spiro atoms. The van der Waals surface area contributed by atoms with Gasteiger partial charge in [0.15, 0.2) is 0 Å². The molecular weight excluding hydrogens is 396 g/mol. The molecule has 0 saturated carbocycles. The van der Waals surface area contributed by atoms with E-state index in [-0.39, 0.29) is 6.04 Å². The minimum Gasteiger partial charge on any atom is -0.491 e. The molecule has 1 aliphatic rings. The molecule has 4 nitrogen and oxygen atoms in total. The molecule has 4 heteroatoms. The average Bonchev–Trinajstić information content (AvgIpc) is 2.83. The first kappa shape index (κ1) is 22.5. The van der Waals surface area contributed by atoms with Crippen molar-refractivity contribution in [3.63, 3.8) is 0 Å². The van der Waals surface area contributed by atoms with Gasteiger partial charge in [-0.25, -0.2) is 0 Å². The van der Waals surface area contributed by atoms with E-state index in [0.29, 0.717) is 13.2 Å². The summed E-state index contributed by atoms with van der Waals surface area (Å²) in [6, 6.07) is 27.8. The number of aliphatic hydroxyl groups excluding tert-OH is 1.